The summed E-state index contributed by atoms with van der Waals surface area (Å²) in [6.07, 6.45) is 6.92. The van der Waals surface area contributed by atoms with Gasteiger partial charge in [-0.3, -0.25) is 10.3 Å². The van der Waals surface area contributed by atoms with Crippen LogP contribution in [0.15, 0.2) is 41.6 Å². The maximum atomic E-state index is 9.88. The van der Waals surface area contributed by atoms with Crippen molar-refractivity contribution in [3.63, 3.8) is 0 Å². The molecule has 0 fully saturated rings. The molecule has 0 aromatic heterocycles. The van der Waals surface area contributed by atoms with E-state index in [9.17, 15) is 5.11 Å². The molecule has 0 aliphatic heterocycles. The van der Waals surface area contributed by atoms with Gasteiger partial charge in [-0.2, -0.15) is 0 Å². The lowest BCUT2D eigenvalue weighted by atomic mass is 9.97. The predicted molar refractivity (Wildman–Crippen MR) is 99.6 cm³/mol. The van der Waals surface area contributed by atoms with E-state index in [0.29, 0.717) is 12.6 Å². The zero-order chi connectivity index (χ0) is 17.4. The number of hydrogen-bond acceptors (Lipinski definition) is 4. The smallest absolute Gasteiger partial charge is 0.102 e. The Kier molecular flexibility index (Phi) is 7.79. The summed E-state index contributed by atoms with van der Waals surface area (Å²) in [7, 11) is 0. The molecule has 132 valence electrons. The van der Waals surface area contributed by atoms with E-state index in [4.69, 9.17) is 16.4 Å². The third-order valence-corrected chi connectivity index (χ3v) is 4.03. The van der Waals surface area contributed by atoms with E-state index < -0.39 is 6.10 Å². The van der Waals surface area contributed by atoms with Crippen LogP contribution in [0, 0.1) is 0 Å². The summed E-state index contributed by atoms with van der Waals surface area (Å²) < 4.78 is 0. The van der Waals surface area contributed by atoms with E-state index in [-0.39, 0.29) is 6.61 Å². The number of allylic oxidation sites excluding steroid dienone is 2. The average Bonchev–Trinajstić information content (AvgIpc) is 2.56. The molecule has 1 aromatic rings. The fourth-order valence-electron chi connectivity index (χ4n) is 2.47. The van der Waals surface area contributed by atoms with Crippen LogP contribution in [-0.2, 0) is 4.84 Å². The number of halogens is 1. The molecule has 0 unspecified atom stereocenters. The highest BCUT2D eigenvalue weighted by Crippen LogP contribution is 2.25. The van der Waals surface area contributed by atoms with E-state index >= 15 is 0 Å². The van der Waals surface area contributed by atoms with Crippen LogP contribution < -0.4 is 10.8 Å². The first-order chi connectivity index (χ1) is 11.5. The second kappa shape index (κ2) is 9.84. The Hall–Kier alpha value is -1.33. The largest absolute Gasteiger partial charge is 0.389 e. The molecule has 0 saturated carbocycles. The number of nitrogens with one attached hydrogen (secondary N) is 2. The maximum Gasteiger partial charge on any atom is 0.102 e. The van der Waals surface area contributed by atoms with Crippen LogP contribution in [0.5, 0.6) is 0 Å². The van der Waals surface area contributed by atoms with E-state index in [1.807, 2.05) is 38.1 Å². The lowest BCUT2D eigenvalue weighted by molar-refractivity contribution is -0.00511. The van der Waals surface area contributed by atoms with Gasteiger partial charge in [0.2, 0.25) is 0 Å². The first kappa shape index (κ1) is 19.0. The Bertz CT molecular complexity index is 567. The molecule has 0 heterocycles. The summed E-state index contributed by atoms with van der Waals surface area (Å²) in [6, 6.07) is 8.14. The van der Waals surface area contributed by atoms with Crippen LogP contribution in [0.25, 0.3) is 6.08 Å². The van der Waals surface area contributed by atoms with Gasteiger partial charge < -0.3 is 10.4 Å². The van der Waals surface area contributed by atoms with Crippen molar-refractivity contribution in [1.29, 1.82) is 0 Å². The first-order valence-corrected chi connectivity index (χ1v) is 8.88. The number of rotatable bonds is 8. The van der Waals surface area contributed by atoms with Gasteiger partial charge in [-0.1, -0.05) is 43.7 Å². The zero-order valence-electron chi connectivity index (χ0n) is 14.4. The molecule has 0 radical (unpaired) electrons. The summed E-state index contributed by atoms with van der Waals surface area (Å²) in [5.41, 5.74) is 6.31. The van der Waals surface area contributed by atoms with Crippen molar-refractivity contribution in [1.82, 2.24) is 10.8 Å². The highest BCUT2D eigenvalue weighted by atomic mass is 35.5. The number of benzene rings is 1. The van der Waals surface area contributed by atoms with Crippen molar-refractivity contribution in [3.05, 3.63) is 52.2 Å². The van der Waals surface area contributed by atoms with E-state index in [1.54, 1.807) is 0 Å². The van der Waals surface area contributed by atoms with Gasteiger partial charge in [-0.15, -0.1) is 0 Å². The molecule has 1 aliphatic rings. The van der Waals surface area contributed by atoms with Crippen LogP contribution in [0.3, 0.4) is 0 Å². The minimum Gasteiger partial charge on any atom is -0.389 e. The minimum absolute atomic E-state index is 0.241. The predicted octanol–water partition coefficient (Wildman–Crippen LogP) is 3.67. The van der Waals surface area contributed by atoms with Gasteiger partial charge >= 0.3 is 0 Å². The lowest BCUT2D eigenvalue weighted by Gasteiger charge is -2.20. The van der Waals surface area contributed by atoms with Crippen molar-refractivity contribution in [3.8, 4) is 0 Å². The summed E-state index contributed by atoms with van der Waals surface area (Å²) in [4.78, 5) is 5.48. The third-order valence-electron chi connectivity index (χ3n) is 3.78. The van der Waals surface area contributed by atoms with Crippen molar-refractivity contribution in [2.75, 3.05) is 13.2 Å². The van der Waals surface area contributed by atoms with Gasteiger partial charge in [-0.05, 0) is 48.6 Å². The molecule has 1 atom stereocenters. The third kappa shape index (κ3) is 6.65. The molecule has 0 saturated heterocycles. The Morgan fingerprint density at radius 2 is 2.04 bits per heavy atom. The van der Waals surface area contributed by atoms with Crippen molar-refractivity contribution in [2.45, 2.75) is 45.3 Å². The summed E-state index contributed by atoms with van der Waals surface area (Å²) in [5, 5.41) is 13.8. The highest BCUT2D eigenvalue weighted by Gasteiger charge is 2.12. The summed E-state index contributed by atoms with van der Waals surface area (Å²) >= 11 is 5.93. The molecule has 4 nitrogen and oxygen atoms in total. The Balaban J connectivity index is 1.88. The number of hydrogen-bond donors (Lipinski definition) is 3. The fourth-order valence-corrected chi connectivity index (χ4v) is 2.59. The zero-order valence-corrected chi connectivity index (χ0v) is 15.1. The topological polar surface area (TPSA) is 53.5 Å². The second-order valence-corrected chi connectivity index (χ2v) is 6.80. The standard InChI is InChI=1S/C19H27ClN2O2/c1-14(2)21-12-18(23)13-24-22-19-6-4-3-5-16(19)11-15-7-9-17(20)10-8-15/h6-11,14,18,21-23H,3-5,12-13H2,1-2H3/t18-/m0/s1. The molecule has 2 rings (SSSR count). The fraction of sp³-hybridized carbons (Fsp3) is 0.474. The normalized spacial score (nSPS) is 17.9. The van der Waals surface area contributed by atoms with Gasteiger partial charge in [0.15, 0.2) is 0 Å². The molecular formula is C19H27ClN2O2. The van der Waals surface area contributed by atoms with Crippen molar-refractivity contribution < 1.29 is 9.94 Å². The summed E-state index contributed by atoms with van der Waals surface area (Å²) in [6.45, 7) is 4.86. The van der Waals surface area contributed by atoms with Crippen molar-refractivity contribution >= 4 is 17.7 Å². The maximum absolute atomic E-state index is 9.88. The van der Waals surface area contributed by atoms with Crippen LogP contribution in [0.2, 0.25) is 5.02 Å². The van der Waals surface area contributed by atoms with Crippen LogP contribution in [-0.4, -0.2) is 30.4 Å². The quantitative estimate of drug-likeness (QED) is 0.626. The average molecular weight is 351 g/mol. The molecule has 0 bridgehead atoms. The van der Waals surface area contributed by atoms with Crippen LogP contribution in [0.4, 0.5) is 0 Å². The molecule has 5 heteroatoms. The number of aliphatic hydroxyl groups is 1. The Morgan fingerprint density at radius 1 is 1.29 bits per heavy atom. The lowest BCUT2D eigenvalue weighted by Crippen LogP contribution is -2.35. The van der Waals surface area contributed by atoms with Crippen molar-refractivity contribution in [2.24, 2.45) is 0 Å². The second-order valence-electron chi connectivity index (χ2n) is 6.36. The van der Waals surface area contributed by atoms with Crippen LogP contribution in [0.1, 0.15) is 38.7 Å². The summed E-state index contributed by atoms with van der Waals surface area (Å²) in [5.74, 6) is 0. The van der Waals surface area contributed by atoms with Gasteiger partial charge in [-0.25, -0.2) is 0 Å². The molecule has 1 aliphatic carbocycles. The number of aliphatic hydroxyl groups excluding tert-OH is 1. The van der Waals surface area contributed by atoms with E-state index in [0.717, 1.165) is 35.5 Å². The molecule has 24 heavy (non-hydrogen) atoms. The van der Waals surface area contributed by atoms with Gasteiger partial charge in [0, 0.05) is 17.6 Å². The van der Waals surface area contributed by atoms with Gasteiger partial charge in [0.1, 0.15) is 6.61 Å². The monoisotopic (exact) mass is 350 g/mol. The van der Waals surface area contributed by atoms with E-state index in [2.05, 4.69) is 22.9 Å². The first-order valence-electron chi connectivity index (χ1n) is 8.50. The van der Waals surface area contributed by atoms with Crippen LogP contribution >= 0.6 is 11.6 Å². The molecule has 0 amide bonds. The Morgan fingerprint density at radius 3 is 2.75 bits per heavy atom. The van der Waals surface area contributed by atoms with Gasteiger partial charge in [0.25, 0.3) is 0 Å². The Labute approximate surface area is 149 Å². The minimum atomic E-state index is -0.534. The molecule has 1 aromatic carbocycles. The molecule has 3 N–H and O–H groups in total. The highest BCUT2D eigenvalue weighted by molar-refractivity contribution is 6.30. The SMILES string of the molecule is CC(C)NC[C@H](O)CONC1=CCCCC1=Cc1ccc(Cl)cc1. The molecule has 0 spiro atoms. The molecular weight excluding hydrogens is 324 g/mol. The van der Waals surface area contributed by atoms with E-state index in [1.165, 1.54) is 5.57 Å². The van der Waals surface area contributed by atoms with Gasteiger partial charge in [0.05, 0.1) is 11.8 Å². The number of hydroxylamine groups is 1.